The van der Waals surface area contributed by atoms with Gasteiger partial charge in [-0.25, -0.2) is 0 Å². The third-order valence-corrected chi connectivity index (χ3v) is 12.2. The van der Waals surface area contributed by atoms with Crippen LogP contribution in [0.25, 0.3) is 56.0 Å². The van der Waals surface area contributed by atoms with Crippen molar-refractivity contribution in [2.45, 2.75) is 36.3 Å². The fourth-order valence-electron chi connectivity index (χ4n) is 7.65. The Kier molecular flexibility index (Phi) is 12.7. The van der Waals surface area contributed by atoms with Gasteiger partial charge in [-0.3, -0.25) is 15.0 Å². The molecule has 5 aromatic carbocycles. The first-order valence-electron chi connectivity index (χ1n) is 21.1. The van der Waals surface area contributed by atoms with Gasteiger partial charge in [0.25, 0.3) is 0 Å². The number of aromatic nitrogens is 3. The number of aryl methyl sites for hydroxylation is 4. The van der Waals surface area contributed by atoms with Crippen molar-refractivity contribution in [1.82, 2.24) is 15.0 Å². The minimum atomic E-state index is -6.03. The summed E-state index contributed by atoms with van der Waals surface area (Å²) < 4.78 is 72.0. The molecule has 0 atom stereocenters. The Balaban J connectivity index is 1.16. The van der Waals surface area contributed by atoms with Gasteiger partial charge in [-0.15, -0.1) is 0 Å². The first-order valence-corrected chi connectivity index (χ1v) is 22.5. The quantitative estimate of drug-likeness (QED) is 0.0617. The van der Waals surface area contributed by atoms with Gasteiger partial charge in [0.1, 0.15) is 0 Å². The van der Waals surface area contributed by atoms with Gasteiger partial charge in [0, 0.05) is 40.8 Å². The van der Waals surface area contributed by atoms with E-state index in [1.165, 1.54) is 6.07 Å². The molecule has 0 saturated heterocycles. The summed E-state index contributed by atoms with van der Waals surface area (Å²) >= 11 is 0. The van der Waals surface area contributed by atoms with E-state index in [-0.39, 0.29) is 10.7 Å². The van der Waals surface area contributed by atoms with Gasteiger partial charge in [-0.1, -0.05) is 120 Å². The summed E-state index contributed by atoms with van der Waals surface area (Å²) in [5.74, 6) is -0.455. The number of alkyl halides is 3. The van der Waals surface area contributed by atoms with Crippen LogP contribution in [0.1, 0.15) is 27.8 Å². The molecule has 0 bridgehead atoms. The van der Waals surface area contributed by atoms with E-state index in [9.17, 15) is 21.6 Å². The van der Waals surface area contributed by atoms with Crippen molar-refractivity contribution in [3.8, 4) is 61.8 Å². The molecule has 0 spiro atoms. The maximum absolute atomic E-state index is 13.9. The molecular weight excluding hydrogens is 824 g/mol. The van der Waals surface area contributed by atoms with Gasteiger partial charge in [-0.2, -0.15) is 21.6 Å². The summed E-state index contributed by atoms with van der Waals surface area (Å²) in [5, 5.41) is -0.177. The molecular formula is C51H43B3F3N3O3S. The van der Waals surface area contributed by atoms with Gasteiger partial charge in [0.15, 0.2) is 5.75 Å². The lowest BCUT2D eigenvalue weighted by atomic mass is 9.40. The fraction of sp³-hybridized carbons (Fsp3) is 0.118. The Morgan fingerprint density at radius 3 is 1.45 bits per heavy atom. The van der Waals surface area contributed by atoms with Crippen LogP contribution >= 0.6 is 0 Å². The highest BCUT2D eigenvalue weighted by Crippen LogP contribution is 2.42. The Labute approximate surface area is 375 Å². The highest BCUT2D eigenvalue weighted by Gasteiger charge is 2.49. The predicted octanol–water partition coefficient (Wildman–Crippen LogP) is 9.02. The van der Waals surface area contributed by atoms with Crippen molar-refractivity contribution in [1.29, 1.82) is 0 Å². The van der Waals surface area contributed by atoms with Gasteiger partial charge >= 0.3 is 15.6 Å². The molecule has 8 aromatic rings. The second-order valence-electron chi connectivity index (χ2n) is 16.8. The molecule has 3 aromatic heterocycles. The van der Waals surface area contributed by atoms with Crippen molar-refractivity contribution < 1.29 is 25.8 Å². The zero-order valence-electron chi connectivity index (χ0n) is 35.7. The maximum atomic E-state index is 13.9. The smallest absolute Gasteiger partial charge is 0.375 e. The Bertz CT molecular complexity index is 2880. The van der Waals surface area contributed by atoms with Gasteiger partial charge in [0.2, 0.25) is 0 Å². The fourth-order valence-corrected chi connectivity index (χ4v) is 8.12. The Morgan fingerprint density at radius 1 is 0.469 bits per heavy atom. The average Bonchev–Trinajstić information content (AvgIpc) is 3.30. The minimum Gasteiger partial charge on any atom is -0.375 e. The van der Waals surface area contributed by atoms with E-state index in [1.807, 2.05) is 78.1 Å². The van der Waals surface area contributed by atoms with Crippen LogP contribution in [-0.2, 0) is 40.9 Å². The van der Waals surface area contributed by atoms with E-state index in [0.29, 0.717) is 22.4 Å². The first kappa shape index (κ1) is 43.9. The number of hydrogen-bond acceptors (Lipinski definition) is 6. The molecule has 0 saturated carbocycles. The minimum absolute atomic E-state index is 0.177. The SMILES string of the molecule is BC(B)(B)c1ccc(-c2ccc(-c3ccccc3-c3cc(CCc4ccc(-c5ccccn5)cc4)cc(CCc4ccc(-c5ccccn5)cc4)c3)c(OS(=O)(=O)C(F)(F)F)c2)nc1. The first-order chi connectivity index (χ1) is 30.7. The third kappa shape index (κ3) is 10.4. The zero-order chi connectivity index (χ0) is 44.9. The van der Waals surface area contributed by atoms with Crippen LogP contribution in [0.15, 0.2) is 176 Å². The van der Waals surface area contributed by atoms with E-state index in [4.69, 9.17) is 4.18 Å². The van der Waals surface area contributed by atoms with E-state index in [1.54, 1.807) is 48.9 Å². The molecule has 13 heteroatoms. The molecule has 0 radical (unpaired) electrons. The van der Waals surface area contributed by atoms with Crippen molar-refractivity contribution >= 4 is 33.7 Å². The molecule has 64 heavy (non-hydrogen) atoms. The van der Waals surface area contributed by atoms with Crippen LogP contribution < -0.4 is 4.18 Å². The molecule has 0 amide bonds. The molecule has 0 fully saturated rings. The second-order valence-corrected chi connectivity index (χ2v) is 18.3. The summed E-state index contributed by atoms with van der Waals surface area (Å²) in [4.78, 5) is 13.5. The molecule has 0 N–H and O–H groups in total. The predicted molar refractivity (Wildman–Crippen MR) is 258 cm³/mol. The monoisotopic (exact) mass is 867 g/mol. The molecule has 316 valence electrons. The average molecular weight is 867 g/mol. The lowest BCUT2D eigenvalue weighted by Crippen LogP contribution is -2.28. The van der Waals surface area contributed by atoms with Gasteiger partial charge in [0.05, 0.1) is 40.6 Å². The number of pyridine rings is 3. The van der Waals surface area contributed by atoms with Crippen LogP contribution in [0.2, 0.25) is 0 Å². The van der Waals surface area contributed by atoms with Crippen molar-refractivity contribution in [2.75, 3.05) is 0 Å². The molecule has 3 heterocycles. The number of rotatable bonds is 14. The van der Waals surface area contributed by atoms with Crippen molar-refractivity contribution in [2.24, 2.45) is 0 Å². The van der Waals surface area contributed by atoms with Gasteiger partial charge in [-0.05, 0) is 113 Å². The highest BCUT2D eigenvalue weighted by atomic mass is 32.2. The van der Waals surface area contributed by atoms with Crippen LogP contribution in [0.4, 0.5) is 13.2 Å². The lowest BCUT2D eigenvalue weighted by molar-refractivity contribution is -0.0499. The molecule has 6 nitrogen and oxygen atoms in total. The van der Waals surface area contributed by atoms with E-state index < -0.39 is 21.4 Å². The van der Waals surface area contributed by atoms with Crippen LogP contribution in [-0.4, -0.2) is 52.4 Å². The number of hydrogen-bond donors (Lipinski definition) is 0. The van der Waals surface area contributed by atoms with Crippen LogP contribution in [0, 0.1) is 0 Å². The number of benzene rings is 5. The zero-order valence-corrected chi connectivity index (χ0v) is 36.5. The number of nitrogens with zero attached hydrogens (tertiary/aromatic N) is 3. The Morgan fingerprint density at radius 2 is 0.969 bits per heavy atom. The summed E-state index contributed by atoms with van der Waals surface area (Å²) in [6.45, 7) is 0. The normalized spacial score (nSPS) is 11.9. The van der Waals surface area contributed by atoms with Crippen LogP contribution in [0.5, 0.6) is 5.75 Å². The van der Waals surface area contributed by atoms with E-state index >= 15 is 0 Å². The molecule has 0 aliphatic rings. The molecule has 8 rings (SSSR count). The largest absolute Gasteiger partial charge is 0.534 e. The summed E-state index contributed by atoms with van der Waals surface area (Å²) in [6, 6.07) is 50.5. The summed E-state index contributed by atoms with van der Waals surface area (Å²) in [6.07, 6.45) is 8.24. The topological polar surface area (TPSA) is 82.0 Å². The standard InChI is InChI=1S/C51H43B3F3N3O3S/c52-50(53,54)42-24-26-48(60-33-42)40-23-25-45(49(32-40)63-64(61,62)51(55,56)57)44-8-2-1-7-43(44)41-30-36(13-11-34-15-19-38(20-16-34)46-9-3-5-27-58-46)29-37(31-41)14-12-35-17-21-39(22-18-35)47-10-4-6-28-59-47/h1-10,15-33H,11-14,52-54H2. The summed E-state index contributed by atoms with van der Waals surface area (Å²) in [7, 11) is 0.120. The van der Waals surface area contributed by atoms with E-state index in [0.717, 1.165) is 81.6 Å². The lowest BCUT2D eigenvalue weighted by Gasteiger charge is -2.19. The highest BCUT2D eigenvalue weighted by molar-refractivity contribution is 7.88. The third-order valence-electron chi connectivity index (χ3n) is 11.2. The molecule has 0 unspecified atom stereocenters. The maximum Gasteiger partial charge on any atom is 0.534 e. The van der Waals surface area contributed by atoms with Crippen molar-refractivity contribution in [3.05, 3.63) is 204 Å². The van der Waals surface area contributed by atoms with Crippen LogP contribution in [0.3, 0.4) is 0 Å². The molecule has 0 aliphatic heterocycles. The second kappa shape index (κ2) is 18.6. The van der Waals surface area contributed by atoms with E-state index in [2.05, 4.69) is 81.7 Å². The van der Waals surface area contributed by atoms with Crippen molar-refractivity contribution in [3.63, 3.8) is 0 Å². The molecule has 0 aliphatic carbocycles. The summed E-state index contributed by atoms with van der Waals surface area (Å²) in [5.41, 5.74) is 6.79. The Hall–Kier alpha value is -6.72. The number of halogens is 3. The van der Waals surface area contributed by atoms with Gasteiger partial charge < -0.3 is 4.18 Å².